The van der Waals surface area contributed by atoms with Crippen LogP contribution in [0.25, 0.3) is 22.4 Å². The fourth-order valence-corrected chi connectivity index (χ4v) is 4.95. The lowest BCUT2D eigenvalue weighted by Crippen LogP contribution is -2.50. The van der Waals surface area contributed by atoms with Crippen LogP contribution in [-0.2, 0) is 9.47 Å². The largest absolute Gasteiger partial charge is 0.444 e. The number of imidazole rings is 1. The molecule has 44 heavy (non-hydrogen) atoms. The summed E-state index contributed by atoms with van der Waals surface area (Å²) in [5, 5.41) is 4.37. The van der Waals surface area contributed by atoms with Crippen LogP contribution in [0.4, 0.5) is 15.4 Å². The Hall–Kier alpha value is -4.81. The number of carbonyl (C=O) groups excluding carboxylic acids is 3. The van der Waals surface area contributed by atoms with Crippen molar-refractivity contribution in [3.05, 3.63) is 53.2 Å². The van der Waals surface area contributed by atoms with E-state index in [0.717, 1.165) is 0 Å². The highest BCUT2D eigenvalue weighted by atomic mass is 16.6. The number of aromatic nitrogens is 6. The van der Waals surface area contributed by atoms with Crippen LogP contribution in [0.15, 0.2) is 30.5 Å². The van der Waals surface area contributed by atoms with Crippen molar-refractivity contribution in [1.29, 1.82) is 0 Å². The SMILES string of the molecule is Cc1nn(C(=O)OC(C)(C)C)c(C)c1-c1cc(C(=O)c2nc3nc(N4CCN(C(=O)OC(C)(C)C)CC4)ccc3[nH]2)ccn1. The zero-order chi connectivity index (χ0) is 32.0. The number of hydrogen-bond donors (Lipinski definition) is 1. The van der Waals surface area contributed by atoms with Gasteiger partial charge in [0.25, 0.3) is 0 Å². The van der Waals surface area contributed by atoms with Gasteiger partial charge in [0.1, 0.15) is 17.0 Å². The van der Waals surface area contributed by atoms with E-state index >= 15 is 0 Å². The lowest BCUT2D eigenvalue weighted by Gasteiger charge is -2.36. The van der Waals surface area contributed by atoms with Crippen LogP contribution in [0, 0.1) is 13.8 Å². The van der Waals surface area contributed by atoms with Crippen molar-refractivity contribution in [3.63, 3.8) is 0 Å². The molecule has 0 aliphatic carbocycles. The van der Waals surface area contributed by atoms with Crippen molar-refractivity contribution >= 4 is 35.0 Å². The number of ketones is 1. The van der Waals surface area contributed by atoms with Crippen LogP contribution in [0.3, 0.4) is 0 Å². The minimum Gasteiger partial charge on any atom is -0.444 e. The quantitative estimate of drug-likeness (QED) is 0.320. The van der Waals surface area contributed by atoms with Crippen molar-refractivity contribution < 1.29 is 23.9 Å². The van der Waals surface area contributed by atoms with Crippen molar-refractivity contribution in [2.45, 2.75) is 66.6 Å². The first-order valence-corrected chi connectivity index (χ1v) is 14.5. The fraction of sp³-hybridized carbons (Fsp3) is 0.452. The normalized spacial score (nSPS) is 14.2. The number of amides is 1. The highest BCUT2D eigenvalue weighted by Crippen LogP contribution is 2.27. The second-order valence-electron chi connectivity index (χ2n) is 12.8. The number of rotatable bonds is 4. The average molecular weight is 603 g/mol. The number of nitrogens with zero attached hydrogens (tertiary/aromatic N) is 7. The van der Waals surface area contributed by atoms with Gasteiger partial charge in [-0.3, -0.25) is 9.78 Å². The third kappa shape index (κ3) is 6.56. The van der Waals surface area contributed by atoms with Gasteiger partial charge in [0, 0.05) is 43.5 Å². The molecule has 0 radical (unpaired) electrons. The molecule has 0 unspecified atom stereocenters. The maximum atomic E-state index is 13.5. The summed E-state index contributed by atoms with van der Waals surface area (Å²) in [5.74, 6) is 0.537. The Labute approximate surface area is 255 Å². The molecule has 1 aliphatic rings. The molecule has 13 heteroatoms. The molecule has 5 heterocycles. The smallest absolute Gasteiger partial charge is 0.435 e. The number of aromatic amines is 1. The summed E-state index contributed by atoms with van der Waals surface area (Å²) in [6.45, 7) is 16.7. The molecule has 4 aromatic heterocycles. The van der Waals surface area contributed by atoms with E-state index in [2.05, 4.69) is 29.9 Å². The van der Waals surface area contributed by atoms with E-state index in [4.69, 9.17) is 9.47 Å². The van der Waals surface area contributed by atoms with Gasteiger partial charge in [0.2, 0.25) is 5.78 Å². The first-order chi connectivity index (χ1) is 20.6. The molecule has 1 amide bonds. The van der Waals surface area contributed by atoms with E-state index in [1.807, 2.05) is 32.9 Å². The molecule has 0 atom stereocenters. The second-order valence-corrected chi connectivity index (χ2v) is 12.8. The van der Waals surface area contributed by atoms with Crippen LogP contribution in [-0.4, -0.2) is 90.0 Å². The molecule has 4 aromatic rings. The zero-order valence-corrected chi connectivity index (χ0v) is 26.4. The van der Waals surface area contributed by atoms with Gasteiger partial charge in [-0.25, -0.2) is 19.6 Å². The molecule has 1 fully saturated rings. The van der Waals surface area contributed by atoms with E-state index in [-0.39, 0.29) is 17.7 Å². The van der Waals surface area contributed by atoms with E-state index in [1.54, 1.807) is 57.8 Å². The Balaban J connectivity index is 1.33. The molecule has 1 saturated heterocycles. The Bertz CT molecular complexity index is 1740. The molecule has 232 valence electrons. The number of H-pyrrole nitrogens is 1. The van der Waals surface area contributed by atoms with Crippen molar-refractivity contribution in [2.24, 2.45) is 0 Å². The van der Waals surface area contributed by atoms with E-state index < -0.39 is 17.3 Å². The zero-order valence-electron chi connectivity index (χ0n) is 26.4. The number of anilines is 1. The first kappa shape index (κ1) is 30.6. The monoisotopic (exact) mass is 602 g/mol. The van der Waals surface area contributed by atoms with Gasteiger partial charge in [-0.2, -0.15) is 9.78 Å². The molecule has 1 N–H and O–H groups in total. The van der Waals surface area contributed by atoms with Gasteiger partial charge >= 0.3 is 12.2 Å². The minimum absolute atomic E-state index is 0.148. The van der Waals surface area contributed by atoms with Gasteiger partial charge in [-0.1, -0.05) is 0 Å². The number of carbonyl (C=O) groups is 3. The number of fused-ring (bicyclic) bond motifs is 1. The number of ether oxygens (including phenoxy) is 2. The van der Waals surface area contributed by atoms with Crippen molar-refractivity contribution in [2.75, 3.05) is 31.1 Å². The molecule has 0 spiro atoms. The first-order valence-electron chi connectivity index (χ1n) is 14.5. The summed E-state index contributed by atoms with van der Waals surface area (Å²) >= 11 is 0. The highest BCUT2D eigenvalue weighted by molar-refractivity contribution is 6.08. The predicted molar refractivity (Wildman–Crippen MR) is 164 cm³/mol. The molecular formula is C31H38N8O5. The molecule has 0 aromatic carbocycles. The summed E-state index contributed by atoms with van der Waals surface area (Å²) in [6, 6.07) is 6.99. The molecule has 0 bridgehead atoms. The summed E-state index contributed by atoms with van der Waals surface area (Å²) in [7, 11) is 0. The summed E-state index contributed by atoms with van der Waals surface area (Å²) < 4.78 is 12.2. The van der Waals surface area contributed by atoms with Gasteiger partial charge in [0.15, 0.2) is 11.5 Å². The van der Waals surface area contributed by atoms with E-state index in [1.165, 1.54) is 4.68 Å². The predicted octanol–water partition coefficient (Wildman–Crippen LogP) is 4.90. The maximum absolute atomic E-state index is 13.5. The van der Waals surface area contributed by atoms with E-state index in [0.29, 0.717) is 71.4 Å². The minimum atomic E-state index is -0.674. The van der Waals surface area contributed by atoms with Crippen molar-refractivity contribution in [1.82, 2.24) is 34.6 Å². The van der Waals surface area contributed by atoms with Crippen LogP contribution in [0.2, 0.25) is 0 Å². The Morgan fingerprint density at radius 1 is 0.864 bits per heavy atom. The Morgan fingerprint density at radius 3 is 2.18 bits per heavy atom. The molecule has 0 saturated carbocycles. The molecule has 5 rings (SSSR count). The lowest BCUT2D eigenvalue weighted by molar-refractivity contribution is 0.0240. The fourth-order valence-electron chi connectivity index (χ4n) is 4.95. The summed E-state index contributed by atoms with van der Waals surface area (Å²) in [4.78, 5) is 59.1. The van der Waals surface area contributed by atoms with Crippen LogP contribution in [0.5, 0.6) is 0 Å². The van der Waals surface area contributed by atoms with Crippen molar-refractivity contribution in [3.8, 4) is 11.3 Å². The molecule has 13 nitrogen and oxygen atoms in total. The van der Waals surface area contributed by atoms with E-state index in [9.17, 15) is 14.4 Å². The second kappa shape index (κ2) is 11.4. The third-order valence-electron chi connectivity index (χ3n) is 6.94. The number of aryl methyl sites for hydroxylation is 1. The topological polar surface area (TPSA) is 148 Å². The standard InChI is InChI=1S/C31H38N8O5/c1-18-24(19(2)39(36-18)29(42)44-31(6,7)8)22-17-20(11-12-32-22)25(40)27-33-21-9-10-23(34-26(21)35-27)37-13-15-38(16-14-37)28(41)43-30(3,4)5/h9-12,17H,13-16H2,1-8H3,(H,33,34,35). The maximum Gasteiger partial charge on any atom is 0.435 e. The number of pyridine rings is 2. The Morgan fingerprint density at radius 2 is 1.52 bits per heavy atom. The van der Waals surface area contributed by atoms with Gasteiger partial charge in [-0.15, -0.1) is 0 Å². The van der Waals surface area contributed by atoms with Gasteiger partial charge < -0.3 is 24.3 Å². The summed E-state index contributed by atoms with van der Waals surface area (Å²) in [5.41, 5.74) is 2.49. The highest BCUT2D eigenvalue weighted by Gasteiger charge is 2.27. The van der Waals surface area contributed by atoms with Crippen LogP contribution in [0.1, 0.15) is 69.1 Å². The van der Waals surface area contributed by atoms with Gasteiger partial charge in [-0.05, 0) is 79.7 Å². The number of hydrogen-bond acceptors (Lipinski definition) is 10. The average Bonchev–Trinajstić information content (AvgIpc) is 3.50. The summed E-state index contributed by atoms with van der Waals surface area (Å²) in [6.07, 6.45) is 0.635. The molecule has 1 aliphatic heterocycles. The van der Waals surface area contributed by atoms with Crippen LogP contribution < -0.4 is 4.90 Å². The number of piperazine rings is 1. The van der Waals surface area contributed by atoms with Crippen LogP contribution >= 0.6 is 0 Å². The third-order valence-corrected chi connectivity index (χ3v) is 6.94. The number of nitrogens with one attached hydrogen (secondary N) is 1. The molecular weight excluding hydrogens is 564 g/mol. The lowest BCUT2D eigenvalue weighted by atomic mass is 10.1. The Kier molecular flexibility index (Phi) is 7.91. The van der Waals surface area contributed by atoms with Gasteiger partial charge in [0.05, 0.1) is 22.6 Å².